The largest absolute Gasteiger partial charge is 0.396 e. The fourth-order valence-electron chi connectivity index (χ4n) is 2.21. The number of aliphatic imine (C=N–C) groups is 1. The summed E-state index contributed by atoms with van der Waals surface area (Å²) in [5, 5.41) is 12.1. The van der Waals surface area contributed by atoms with E-state index in [4.69, 9.17) is 5.11 Å². The van der Waals surface area contributed by atoms with E-state index < -0.39 is 0 Å². The van der Waals surface area contributed by atoms with Crippen molar-refractivity contribution in [3.05, 3.63) is 0 Å². The Morgan fingerprint density at radius 3 is 2.79 bits per heavy atom. The Morgan fingerprint density at radius 2 is 2.21 bits per heavy atom. The van der Waals surface area contributed by atoms with Crippen LogP contribution in [0.5, 0.6) is 0 Å². The van der Waals surface area contributed by atoms with Crippen LogP contribution in [0.25, 0.3) is 0 Å². The van der Waals surface area contributed by atoms with Crippen LogP contribution in [-0.2, 0) is 0 Å². The van der Waals surface area contributed by atoms with Crippen LogP contribution in [0.2, 0.25) is 0 Å². The van der Waals surface area contributed by atoms with E-state index in [-0.39, 0.29) is 0 Å². The average Bonchev–Trinajstić information content (AvgIpc) is 2.72. The molecule has 2 rings (SSSR count). The number of guanidine groups is 1. The maximum Gasteiger partial charge on any atom is 0.194 e. The highest BCUT2D eigenvalue weighted by atomic mass is 16.3. The molecule has 80 valence electrons. The average molecular weight is 197 g/mol. The predicted molar refractivity (Wildman–Crippen MR) is 56.3 cm³/mol. The van der Waals surface area contributed by atoms with E-state index in [2.05, 4.69) is 15.2 Å². The summed E-state index contributed by atoms with van der Waals surface area (Å²) in [6, 6.07) is 0. The van der Waals surface area contributed by atoms with Gasteiger partial charge >= 0.3 is 0 Å². The van der Waals surface area contributed by atoms with Crippen LogP contribution in [0.15, 0.2) is 4.99 Å². The first-order valence-electron chi connectivity index (χ1n) is 5.54. The molecule has 0 saturated carbocycles. The number of rotatable bonds is 2. The molecule has 2 N–H and O–H groups in total. The molecule has 0 radical (unpaired) electrons. The lowest BCUT2D eigenvalue weighted by Gasteiger charge is -2.32. The monoisotopic (exact) mass is 197 g/mol. The van der Waals surface area contributed by atoms with Crippen LogP contribution in [0.4, 0.5) is 0 Å². The molecule has 2 heterocycles. The minimum absolute atomic E-state index is 0.337. The summed E-state index contributed by atoms with van der Waals surface area (Å²) in [5.41, 5.74) is 0. The standard InChI is InChI=1S/C10H19N3O/c14-8-3-9-1-6-13(7-2-9)10-11-4-5-12-10/h9,14H,1-8H2,(H,11,12). The zero-order valence-electron chi connectivity index (χ0n) is 8.58. The molecule has 2 aliphatic rings. The Bertz CT molecular complexity index is 209. The molecular weight excluding hydrogens is 178 g/mol. The molecule has 0 spiro atoms. The zero-order valence-corrected chi connectivity index (χ0v) is 8.58. The SMILES string of the molecule is OCCC1CCN(C2=NCCN2)CC1. The zero-order chi connectivity index (χ0) is 9.80. The Labute approximate surface area is 85.0 Å². The fraction of sp³-hybridized carbons (Fsp3) is 0.900. The third kappa shape index (κ3) is 2.18. The molecule has 0 aliphatic carbocycles. The lowest BCUT2D eigenvalue weighted by molar-refractivity contribution is 0.202. The van der Waals surface area contributed by atoms with Gasteiger partial charge in [0.15, 0.2) is 5.96 Å². The highest BCUT2D eigenvalue weighted by Crippen LogP contribution is 2.20. The van der Waals surface area contributed by atoms with Crippen LogP contribution >= 0.6 is 0 Å². The topological polar surface area (TPSA) is 47.9 Å². The van der Waals surface area contributed by atoms with Crippen molar-refractivity contribution in [2.75, 3.05) is 32.8 Å². The highest BCUT2D eigenvalue weighted by molar-refractivity contribution is 5.81. The van der Waals surface area contributed by atoms with Crippen LogP contribution in [0, 0.1) is 5.92 Å². The van der Waals surface area contributed by atoms with Gasteiger partial charge in [-0.2, -0.15) is 0 Å². The van der Waals surface area contributed by atoms with E-state index in [0.717, 1.165) is 44.5 Å². The number of hydrogen-bond donors (Lipinski definition) is 2. The summed E-state index contributed by atoms with van der Waals surface area (Å²) in [6.07, 6.45) is 3.36. The van der Waals surface area contributed by atoms with Gasteiger partial charge in [0.2, 0.25) is 0 Å². The number of nitrogens with one attached hydrogen (secondary N) is 1. The van der Waals surface area contributed by atoms with E-state index >= 15 is 0 Å². The summed E-state index contributed by atoms with van der Waals surface area (Å²) in [5.74, 6) is 1.81. The lowest BCUT2D eigenvalue weighted by atomic mass is 9.94. The van der Waals surface area contributed by atoms with Crippen molar-refractivity contribution in [3.63, 3.8) is 0 Å². The number of piperidine rings is 1. The van der Waals surface area contributed by atoms with E-state index in [1.165, 1.54) is 12.8 Å². The molecule has 0 amide bonds. The van der Waals surface area contributed by atoms with Gasteiger partial charge in [0.1, 0.15) is 0 Å². The molecule has 1 saturated heterocycles. The van der Waals surface area contributed by atoms with Gasteiger partial charge in [-0.15, -0.1) is 0 Å². The minimum Gasteiger partial charge on any atom is -0.396 e. The van der Waals surface area contributed by atoms with Crippen LogP contribution < -0.4 is 5.32 Å². The third-order valence-corrected chi connectivity index (χ3v) is 3.11. The number of nitrogens with zero attached hydrogens (tertiary/aromatic N) is 2. The van der Waals surface area contributed by atoms with Gasteiger partial charge in [-0.3, -0.25) is 4.99 Å². The van der Waals surface area contributed by atoms with E-state index in [9.17, 15) is 0 Å². The Balaban J connectivity index is 1.78. The number of aliphatic hydroxyl groups excluding tert-OH is 1. The fourth-order valence-corrected chi connectivity index (χ4v) is 2.21. The summed E-state index contributed by atoms with van der Waals surface area (Å²) >= 11 is 0. The second kappa shape index (κ2) is 4.64. The van der Waals surface area contributed by atoms with Crippen molar-refractivity contribution in [2.45, 2.75) is 19.3 Å². The molecule has 4 nitrogen and oxygen atoms in total. The first kappa shape index (κ1) is 9.77. The third-order valence-electron chi connectivity index (χ3n) is 3.11. The minimum atomic E-state index is 0.337. The van der Waals surface area contributed by atoms with Crippen molar-refractivity contribution < 1.29 is 5.11 Å². The predicted octanol–water partition coefficient (Wildman–Crippen LogP) is 0.0400. The molecular formula is C10H19N3O. The summed E-state index contributed by atoms with van der Waals surface area (Å²) in [6.45, 7) is 4.44. The quantitative estimate of drug-likeness (QED) is 0.657. The molecule has 0 aromatic heterocycles. The maximum atomic E-state index is 8.85. The van der Waals surface area contributed by atoms with Gasteiger partial charge < -0.3 is 15.3 Å². The summed E-state index contributed by atoms with van der Waals surface area (Å²) < 4.78 is 0. The van der Waals surface area contributed by atoms with E-state index in [0.29, 0.717) is 6.61 Å². The first-order chi connectivity index (χ1) is 6.90. The smallest absolute Gasteiger partial charge is 0.194 e. The number of aliphatic hydroxyl groups is 1. The van der Waals surface area contributed by atoms with Crippen molar-refractivity contribution in [3.8, 4) is 0 Å². The Kier molecular flexibility index (Phi) is 3.24. The second-order valence-electron chi connectivity index (χ2n) is 4.07. The highest BCUT2D eigenvalue weighted by Gasteiger charge is 2.22. The molecule has 0 aromatic carbocycles. The van der Waals surface area contributed by atoms with Gasteiger partial charge in [0.25, 0.3) is 0 Å². The van der Waals surface area contributed by atoms with Crippen molar-refractivity contribution >= 4 is 5.96 Å². The molecule has 2 aliphatic heterocycles. The van der Waals surface area contributed by atoms with Crippen LogP contribution in [0.3, 0.4) is 0 Å². The molecule has 0 unspecified atom stereocenters. The van der Waals surface area contributed by atoms with Crippen LogP contribution in [0.1, 0.15) is 19.3 Å². The summed E-state index contributed by atoms with van der Waals surface area (Å²) in [4.78, 5) is 6.75. The number of likely N-dealkylation sites (tertiary alicyclic amines) is 1. The molecule has 1 fully saturated rings. The first-order valence-corrected chi connectivity index (χ1v) is 5.54. The molecule has 0 aromatic rings. The second-order valence-corrected chi connectivity index (χ2v) is 4.07. The van der Waals surface area contributed by atoms with Gasteiger partial charge in [0, 0.05) is 26.2 Å². The molecule has 4 heteroatoms. The van der Waals surface area contributed by atoms with Gasteiger partial charge in [-0.1, -0.05) is 0 Å². The molecule has 14 heavy (non-hydrogen) atoms. The van der Waals surface area contributed by atoms with Crippen molar-refractivity contribution in [1.82, 2.24) is 10.2 Å². The van der Waals surface area contributed by atoms with Crippen molar-refractivity contribution in [2.24, 2.45) is 10.9 Å². The lowest BCUT2D eigenvalue weighted by Crippen LogP contribution is -2.43. The van der Waals surface area contributed by atoms with Gasteiger partial charge in [0.05, 0.1) is 6.54 Å². The van der Waals surface area contributed by atoms with E-state index in [1.54, 1.807) is 0 Å². The Morgan fingerprint density at radius 1 is 1.43 bits per heavy atom. The Hall–Kier alpha value is -0.770. The normalized spacial score (nSPS) is 23.5. The van der Waals surface area contributed by atoms with Gasteiger partial charge in [-0.05, 0) is 25.2 Å². The maximum absolute atomic E-state index is 8.85. The van der Waals surface area contributed by atoms with E-state index in [1.807, 2.05) is 0 Å². The summed E-state index contributed by atoms with van der Waals surface area (Å²) in [7, 11) is 0. The molecule has 0 atom stereocenters. The number of hydrogen-bond acceptors (Lipinski definition) is 4. The molecule has 0 bridgehead atoms. The van der Waals surface area contributed by atoms with Crippen LogP contribution in [-0.4, -0.2) is 48.8 Å². The van der Waals surface area contributed by atoms with Crippen molar-refractivity contribution in [1.29, 1.82) is 0 Å². The van der Waals surface area contributed by atoms with Gasteiger partial charge in [-0.25, -0.2) is 0 Å².